The SMILES string of the molecule is CC(=O)[O-].CC1(C)OB(B2OC(C)(C)C(C)(C)O2)OC1(C)C.COCCOCCOCCOc1cc(Cl)c(Cl)c(B2OC(C)(C)C(C)(C)O2)c1.COCCOCCOCCOc1cc(Cl)c(Cl)c(Br)c1.[K+]. The molecule has 0 amide bonds. The molecule has 0 spiro atoms. The van der Waals surface area contributed by atoms with Crippen molar-refractivity contribution in [1.29, 1.82) is 0 Å². The molecule has 0 saturated carbocycles. The van der Waals surface area contributed by atoms with Crippen molar-refractivity contribution in [2.24, 2.45) is 0 Å². The van der Waals surface area contributed by atoms with Crippen molar-refractivity contribution in [2.75, 3.05) is 93.5 Å². The van der Waals surface area contributed by atoms with Gasteiger partial charge in [0.15, 0.2) is 0 Å². The summed E-state index contributed by atoms with van der Waals surface area (Å²) in [4.78, 5) is 8.89. The molecule has 0 atom stereocenters. The van der Waals surface area contributed by atoms with Crippen molar-refractivity contribution >= 4 is 94.9 Å². The van der Waals surface area contributed by atoms with E-state index in [-0.39, 0.29) is 73.8 Å². The second-order valence-corrected chi connectivity index (χ2v) is 21.4. The average molecular weight is 1180 g/mol. The molecule has 2 aromatic rings. The standard InChI is InChI=1S/C19H29BCl2O6.C13H17BrCl2O4.C12H24B2O4.C2H4O2.K/c1-18(2)19(3,4)28-20(27-18)15-12-14(13-16(21)17(15)22)26-11-10-25-9-8-24-7-6-23-5;1-17-2-3-18-4-5-19-6-7-20-10-8-11(14)13(16)12(15)9-10;1-9(2)10(3,4)16-13(15-9)14-17-11(5,6)12(7,8)18-14;1-2(3)4;/h12-13H,6-11H2,1-5H3;8-9H,2-7H2,1H3;1-8H3;1H3,(H,3,4);/q;;;;+1/p-1. The van der Waals surface area contributed by atoms with Crippen LogP contribution in [0.2, 0.25) is 20.1 Å². The smallest absolute Gasteiger partial charge is 0.550 e. The fraction of sp³-hybridized carbons (Fsp3) is 0.717. The maximum absolute atomic E-state index is 8.89. The van der Waals surface area contributed by atoms with Crippen molar-refractivity contribution in [2.45, 2.75) is 124 Å². The van der Waals surface area contributed by atoms with Crippen LogP contribution in [0.25, 0.3) is 0 Å². The Morgan fingerprint density at radius 2 is 0.789 bits per heavy atom. The minimum Gasteiger partial charge on any atom is -0.550 e. The van der Waals surface area contributed by atoms with Crippen LogP contribution in [0.5, 0.6) is 11.5 Å². The van der Waals surface area contributed by atoms with Crippen LogP contribution in [0, 0.1) is 0 Å². The van der Waals surface area contributed by atoms with Crippen LogP contribution in [0.4, 0.5) is 0 Å². The zero-order valence-electron chi connectivity index (χ0n) is 44.4. The first kappa shape index (κ1) is 69.5. The molecule has 0 radical (unpaired) electrons. The monoisotopic (exact) mass is 1170 g/mol. The summed E-state index contributed by atoms with van der Waals surface area (Å²) >= 11 is 27.8. The van der Waals surface area contributed by atoms with Gasteiger partial charge in [-0.3, -0.25) is 0 Å². The van der Waals surface area contributed by atoms with E-state index in [4.69, 9.17) is 122 Å². The molecule has 3 fully saturated rings. The number of aliphatic carboxylic acids is 1. The van der Waals surface area contributed by atoms with Gasteiger partial charge in [0.25, 0.3) is 0 Å². The molecule has 3 aliphatic heterocycles. The Morgan fingerprint density at radius 1 is 0.507 bits per heavy atom. The predicted molar refractivity (Wildman–Crippen MR) is 277 cm³/mol. The van der Waals surface area contributed by atoms with E-state index >= 15 is 0 Å². The van der Waals surface area contributed by atoms with Gasteiger partial charge < -0.3 is 75.7 Å². The summed E-state index contributed by atoms with van der Waals surface area (Å²) in [5.74, 6) is 0.144. The van der Waals surface area contributed by atoms with Crippen LogP contribution in [0.3, 0.4) is 0 Å². The predicted octanol–water partition coefficient (Wildman–Crippen LogP) is 5.17. The number of ether oxygens (including phenoxy) is 8. The maximum Gasteiger partial charge on any atom is 1.00 e. The van der Waals surface area contributed by atoms with E-state index in [0.29, 0.717) is 121 Å². The number of benzene rings is 2. The number of carbonyl (C=O) groups excluding carboxylic acids is 1. The Labute approximate surface area is 494 Å². The van der Waals surface area contributed by atoms with Gasteiger partial charge in [0, 0.05) is 42.3 Å². The van der Waals surface area contributed by atoms with Gasteiger partial charge in [0.2, 0.25) is 0 Å². The second-order valence-electron chi connectivity index (χ2n) is 19.0. The summed E-state index contributed by atoms with van der Waals surface area (Å²) in [5, 5.41) is 10.6. The summed E-state index contributed by atoms with van der Waals surface area (Å²) < 4.78 is 79.1. The molecule has 0 unspecified atom stereocenters. The number of rotatable bonds is 22. The number of carboxylic acids is 1. The van der Waals surface area contributed by atoms with E-state index in [1.165, 1.54) is 0 Å². The molecule has 398 valence electrons. The van der Waals surface area contributed by atoms with E-state index in [0.717, 1.165) is 6.92 Å². The van der Waals surface area contributed by atoms with E-state index in [1.54, 1.807) is 38.5 Å². The van der Waals surface area contributed by atoms with E-state index < -0.39 is 38.3 Å². The third-order valence-electron chi connectivity index (χ3n) is 11.9. The number of hydrogen-bond acceptors (Lipinski definition) is 16. The minimum absolute atomic E-state index is 0. The first-order valence-electron chi connectivity index (χ1n) is 22.9. The first-order chi connectivity index (χ1) is 32.4. The van der Waals surface area contributed by atoms with Crippen LogP contribution in [-0.2, 0) is 61.1 Å². The normalized spacial score (nSPS) is 18.6. The molecule has 25 heteroatoms. The fourth-order valence-corrected chi connectivity index (χ4v) is 7.08. The number of hydrogen-bond donors (Lipinski definition) is 0. The van der Waals surface area contributed by atoms with Crippen molar-refractivity contribution in [3.05, 3.63) is 48.8 Å². The Balaban J connectivity index is 0.000000522. The van der Waals surface area contributed by atoms with Gasteiger partial charge in [0.05, 0.1) is 120 Å². The summed E-state index contributed by atoms with van der Waals surface area (Å²) in [7, 11) is 1.71. The summed E-state index contributed by atoms with van der Waals surface area (Å²) in [5.41, 5.74) is -1.73. The van der Waals surface area contributed by atoms with E-state index in [9.17, 15) is 0 Å². The molecule has 0 aliphatic carbocycles. The Morgan fingerprint density at radius 3 is 1.11 bits per heavy atom. The van der Waals surface area contributed by atoms with Crippen LogP contribution in [0.1, 0.15) is 90.0 Å². The third kappa shape index (κ3) is 23.2. The van der Waals surface area contributed by atoms with Gasteiger partial charge in [-0.1, -0.05) is 46.4 Å². The van der Waals surface area contributed by atoms with Crippen LogP contribution >= 0.6 is 62.3 Å². The first-order valence-corrected chi connectivity index (χ1v) is 25.2. The second kappa shape index (κ2) is 32.4. The van der Waals surface area contributed by atoms with Gasteiger partial charge in [-0.15, -0.1) is 0 Å². The van der Waals surface area contributed by atoms with Gasteiger partial charge in [-0.05, 0) is 118 Å². The maximum atomic E-state index is 8.89. The number of halogens is 5. The van der Waals surface area contributed by atoms with Crippen LogP contribution in [0.15, 0.2) is 28.7 Å². The molecule has 3 saturated heterocycles. The Bertz CT molecular complexity index is 1800. The number of carboxylic acid groups (broad SMARTS) is 1. The molecule has 3 heterocycles. The summed E-state index contributed by atoms with van der Waals surface area (Å²) in [6.07, 6.45) is 0. The van der Waals surface area contributed by atoms with Crippen LogP contribution < -0.4 is 71.4 Å². The molecular weight excluding hydrogens is 1100 g/mol. The molecule has 5 rings (SSSR count). The van der Waals surface area contributed by atoms with Gasteiger partial charge in [0.1, 0.15) is 24.7 Å². The molecule has 0 N–H and O–H groups in total. The average Bonchev–Trinajstić information content (AvgIpc) is 3.72. The fourth-order valence-electron chi connectivity index (χ4n) is 5.79. The summed E-state index contributed by atoms with van der Waals surface area (Å²) in [6, 6.07) is 6.90. The number of methoxy groups -OCH3 is 2. The molecule has 71 heavy (non-hydrogen) atoms. The molecule has 16 nitrogen and oxygen atoms in total. The van der Waals surface area contributed by atoms with Crippen molar-refractivity contribution in [1.82, 2.24) is 0 Å². The third-order valence-corrected chi connectivity index (χ3v) is 14.3. The quantitative estimate of drug-likeness (QED) is 0.0859. The molecule has 0 bridgehead atoms. The van der Waals surface area contributed by atoms with E-state index in [1.807, 2.05) is 83.1 Å². The zero-order valence-corrected chi connectivity index (χ0v) is 52.2. The molecular formula is C46H73B3BrCl4KO16. The van der Waals surface area contributed by atoms with Crippen molar-refractivity contribution in [3.63, 3.8) is 0 Å². The molecule has 2 aromatic carbocycles. The van der Waals surface area contributed by atoms with E-state index in [2.05, 4.69) is 15.9 Å². The molecule has 0 aromatic heterocycles. The van der Waals surface area contributed by atoms with Gasteiger partial charge in [-0.25, -0.2) is 0 Å². The largest absolute Gasteiger partial charge is 1.00 e. The summed E-state index contributed by atoms with van der Waals surface area (Å²) in [6.45, 7) is 31.2. The number of carbonyl (C=O) groups is 1. The Hall–Kier alpha value is 0.501. The van der Waals surface area contributed by atoms with Crippen molar-refractivity contribution in [3.8, 4) is 11.5 Å². The zero-order chi connectivity index (χ0) is 53.1. The van der Waals surface area contributed by atoms with Gasteiger partial charge >= 0.3 is 72.5 Å². The Kier molecular flexibility index (Phi) is 31.7. The topological polar surface area (TPSA) is 169 Å². The van der Waals surface area contributed by atoms with Crippen LogP contribution in [-0.4, -0.2) is 154 Å². The molecule has 3 aliphatic rings. The van der Waals surface area contributed by atoms with Crippen molar-refractivity contribution < 1.29 is 127 Å². The minimum atomic E-state index is -1.08. The van der Waals surface area contributed by atoms with Gasteiger partial charge in [-0.2, -0.15) is 0 Å².